The molecule has 1 aliphatic rings. The average molecular weight is 350 g/mol. The molecule has 2 rings (SSSR count). The summed E-state index contributed by atoms with van der Waals surface area (Å²) in [5.74, 6) is 0.656. The van der Waals surface area contributed by atoms with E-state index < -0.39 is 6.04 Å². The summed E-state index contributed by atoms with van der Waals surface area (Å²) in [7, 11) is 0. The first-order valence-corrected chi connectivity index (χ1v) is 9.92. The number of nitrogens with one attached hydrogen (secondary N) is 3. The van der Waals surface area contributed by atoms with Crippen LogP contribution < -0.4 is 16.0 Å². The second kappa shape index (κ2) is 9.69. The Morgan fingerprint density at radius 2 is 2.08 bits per heavy atom. The van der Waals surface area contributed by atoms with Gasteiger partial charge in [0.05, 0.1) is 6.04 Å². The molecular formula is C18H27N3O2S. The molecule has 2 amide bonds. The van der Waals surface area contributed by atoms with Gasteiger partial charge in [-0.2, -0.15) is 11.8 Å². The first-order chi connectivity index (χ1) is 11.7. The van der Waals surface area contributed by atoms with Gasteiger partial charge in [-0.3, -0.25) is 9.59 Å². The molecule has 0 saturated heterocycles. The minimum atomic E-state index is -0.463. The summed E-state index contributed by atoms with van der Waals surface area (Å²) in [4.78, 5) is 24.9. The lowest BCUT2D eigenvalue weighted by molar-refractivity contribution is -0.130. The number of rotatable bonds is 8. The van der Waals surface area contributed by atoms with Crippen molar-refractivity contribution in [3.63, 3.8) is 0 Å². The van der Waals surface area contributed by atoms with Crippen molar-refractivity contribution in [3.8, 4) is 0 Å². The quantitative estimate of drug-likeness (QED) is 0.665. The standard InChI is InChI=1S/C18H27N3O2S/c1-3-9-19-17(22)15(8-10-24-2)21-18(23)16-11-13-6-4-5-7-14(13)12-20-16/h4-7,15-16,20H,3,8-12H2,1-2H3,(H,19,22)(H,21,23)/t15-,16+/m1/s1. The highest BCUT2D eigenvalue weighted by molar-refractivity contribution is 7.98. The predicted molar refractivity (Wildman–Crippen MR) is 99.0 cm³/mol. The molecule has 1 aliphatic heterocycles. The van der Waals surface area contributed by atoms with E-state index in [1.54, 1.807) is 11.8 Å². The van der Waals surface area contributed by atoms with Crippen molar-refractivity contribution in [2.75, 3.05) is 18.6 Å². The van der Waals surface area contributed by atoms with E-state index in [9.17, 15) is 9.59 Å². The lowest BCUT2D eigenvalue weighted by Gasteiger charge is -2.27. The van der Waals surface area contributed by atoms with Crippen molar-refractivity contribution in [1.82, 2.24) is 16.0 Å². The number of amides is 2. The Hall–Kier alpha value is -1.53. The summed E-state index contributed by atoms with van der Waals surface area (Å²) in [5.41, 5.74) is 2.44. The molecule has 1 aromatic carbocycles. The van der Waals surface area contributed by atoms with E-state index in [-0.39, 0.29) is 17.9 Å². The molecular weight excluding hydrogens is 322 g/mol. The third-order valence-corrected chi connectivity index (χ3v) is 4.83. The first kappa shape index (κ1) is 18.8. The molecule has 132 valence electrons. The van der Waals surface area contributed by atoms with E-state index in [1.807, 2.05) is 25.3 Å². The van der Waals surface area contributed by atoms with Crippen molar-refractivity contribution in [2.24, 2.45) is 0 Å². The largest absolute Gasteiger partial charge is 0.354 e. The maximum atomic E-state index is 12.6. The van der Waals surface area contributed by atoms with E-state index in [1.165, 1.54) is 11.1 Å². The van der Waals surface area contributed by atoms with Crippen molar-refractivity contribution in [1.29, 1.82) is 0 Å². The van der Waals surface area contributed by atoms with E-state index >= 15 is 0 Å². The van der Waals surface area contributed by atoms with E-state index in [2.05, 4.69) is 28.1 Å². The molecule has 0 radical (unpaired) electrons. The third kappa shape index (κ3) is 5.24. The Morgan fingerprint density at radius 1 is 1.33 bits per heavy atom. The fraction of sp³-hybridized carbons (Fsp3) is 0.556. The van der Waals surface area contributed by atoms with E-state index in [0.717, 1.165) is 12.2 Å². The van der Waals surface area contributed by atoms with Gasteiger partial charge in [0, 0.05) is 13.1 Å². The third-order valence-electron chi connectivity index (χ3n) is 4.19. The number of thioether (sulfide) groups is 1. The summed E-state index contributed by atoms with van der Waals surface area (Å²) in [5, 5.41) is 9.09. The van der Waals surface area contributed by atoms with E-state index in [4.69, 9.17) is 0 Å². The number of carbonyl (C=O) groups excluding carboxylic acids is 2. The van der Waals surface area contributed by atoms with Crippen LogP contribution in [-0.2, 0) is 22.6 Å². The smallest absolute Gasteiger partial charge is 0.242 e. The maximum Gasteiger partial charge on any atom is 0.242 e. The van der Waals surface area contributed by atoms with Crippen LogP contribution in [-0.4, -0.2) is 42.5 Å². The molecule has 6 heteroatoms. The second-order valence-electron chi connectivity index (χ2n) is 6.04. The Kier molecular flexibility index (Phi) is 7.59. The lowest BCUT2D eigenvalue weighted by atomic mass is 9.95. The monoisotopic (exact) mass is 349 g/mol. The summed E-state index contributed by atoms with van der Waals surface area (Å²) < 4.78 is 0. The van der Waals surface area contributed by atoms with Gasteiger partial charge in [-0.05, 0) is 42.4 Å². The molecule has 1 aromatic rings. The van der Waals surface area contributed by atoms with Crippen molar-refractivity contribution < 1.29 is 9.59 Å². The molecule has 0 aromatic heterocycles. The molecule has 24 heavy (non-hydrogen) atoms. The van der Waals surface area contributed by atoms with Crippen LogP contribution in [0.25, 0.3) is 0 Å². The Morgan fingerprint density at radius 3 is 2.79 bits per heavy atom. The highest BCUT2D eigenvalue weighted by atomic mass is 32.2. The molecule has 0 spiro atoms. The maximum absolute atomic E-state index is 12.6. The molecule has 2 atom stereocenters. The van der Waals surface area contributed by atoms with Gasteiger partial charge in [0.25, 0.3) is 0 Å². The molecule has 3 N–H and O–H groups in total. The second-order valence-corrected chi connectivity index (χ2v) is 7.03. The van der Waals surface area contributed by atoms with Crippen LogP contribution in [0.15, 0.2) is 24.3 Å². The van der Waals surface area contributed by atoms with E-state index in [0.29, 0.717) is 25.9 Å². The molecule has 1 heterocycles. The summed E-state index contributed by atoms with van der Waals surface area (Å²) in [6.07, 6.45) is 4.19. The van der Waals surface area contributed by atoms with Crippen LogP contribution in [0.5, 0.6) is 0 Å². The lowest BCUT2D eigenvalue weighted by Crippen LogP contribution is -2.54. The van der Waals surface area contributed by atoms with Crippen LogP contribution in [0.1, 0.15) is 30.9 Å². The van der Waals surface area contributed by atoms with Gasteiger partial charge in [0.2, 0.25) is 11.8 Å². The highest BCUT2D eigenvalue weighted by Crippen LogP contribution is 2.16. The van der Waals surface area contributed by atoms with Gasteiger partial charge < -0.3 is 16.0 Å². The zero-order chi connectivity index (χ0) is 17.4. The highest BCUT2D eigenvalue weighted by Gasteiger charge is 2.27. The van der Waals surface area contributed by atoms with Crippen molar-refractivity contribution in [3.05, 3.63) is 35.4 Å². The molecule has 0 unspecified atom stereocenters. The molecule has 0 aliphatic carbocycles. The van der Waals surface area contributed by atoms with Crippen LogP contribution in [0.4, 0.5) is 0 Å². The average Bonchev–Trinajstić information content (AvgIpc) is 2.62. The van der Waals surface area contributed by atoms with Gasteiger partial charge in [-0.25, -0.2) is 0 Å². The number of hydrogen-bond donors (Lipinski definition) is 3. The molecule has 5 nitrogen and oxygen atoms in total. The van der Waals surface area contributed by atoms with Gasteiger partial charge in [0.1, 0.15) is 6.04 Å². The number of hydrogen-bond acceptors (Lipinski definition) is 4. The SMILES string of the molecule is CCCNC(=O)[C@@H](CCSC)NC(=O)[C@@H]1Cc2ccccc2CN1. The van der Waals surface area contributed by atoms with Crippen LogP contribution in [0.2, 0.25) is 0 Å². The van der Waals surface area contributed by atoms with Crippen molar-refractivity contribution >= 4 is 23.6 Å². The Labute approximate surface area is 148 Å². The molecule has 0 saturated carbocycles. The minimum absolute atomic E-state index is 0.0875. The fourth-order valence-electron chi connectivity index (χ4n) is 2.79. The van der Waals surface area contributed by atoms with Crippen LogP contribution in [0, 0.1) is 0 Å². The summed E-state index contributed by atoms with van der Waals surface area (Å²) in [6, 6.07) is 7.41. The normalized spacial score (nSPS) is 17.7. The number of fused-ring (bicyclic) bond motifs is 1. The predicted octanol–water partition coefficient (Wildman–Crippen LogP) is 1.47. The molecule has 0 bridgehead atoms. The first-order valence-electron chi connectivity index (χ1n) is 8.53. The number of carbonyl (C=O) groups is 2. The van der Waals surface area contributed by atoms with Gasteiger partial charge in [0.15, 0.2) is 0 Å². The van der Waals surface area contributed by atoms with Crippen LogP contribution >= 0.6 is 11.8 Å². The topological polar surface area (TPSA) is 70.2 Å². The Balaban J connectivity index is 1.95. The molecule has 0 fully saturated rings. The Bertz CT molecular complexity index is 565. The van der Waals surface area contributed by atoms with Gasteiger partial charge >= 0.3 is 0 Å². The van der Waals surface area contributed by atoms with Gasteiger partial charge in [-0.15, -0.1) is 0 Å². The number of benzene rings is 1. The summed E-state index contributed by atoms with van der Waals surface area (Å²) in [6.45, 7) is 3.34. The minimum Gasteiger partial charge on any atom is -0.354 e. The summed E-state index contributed by atoms with van der Waals surface area (Å²) >= 11 is 1.68. The van der Waals surface area contributed by atoms with Crippen LogP contribution in [0.3, 0.4) is 0 Å². The van der Waals surface area contributed by atoms with Gasteiger partial charge in [-0.1, -0.05) is 31.2 Å². The fourth-order valence-corrected chi connectivity index (χ4v) is 3.26. The van der Waals surface area contributed by atoms with Crippen molar-refractivity contribution in [2.45, 2.75) is 44.8 Å². The zero-order valence-electron chi connectivity index (χ0n) is 14.4. The zero-order valence-corrected chi connectivity index (χ0v) is 15.2.